The quantitative estimate of drug-likeness (QED) is 0.874. The topological polar surface area (TPSA) is 54.0 Å². The van der Waals surface area contributed by atoms with E-state index in [0.29, 0.717) is 11.4 Å². The Labute approximate surface area is 119 Å². The summed E-state index contributed by atoms with van der Waals surface area (Å²) in [6.45, 7) is 4.91. The molecule has 2 rings (SSSR count). The van der Waals surface area contributed by atoms with Crippen LogP contribution in [0.2, 0.25) is 0 Å². The third kappa shape index (κ3) is 3.57. The highest BCUT2D eigenvalue weighted by Crippen LogP contribution is 2.19. The molecule has 0 aliphatic carbocycles. The van der Waals surface area contributed by atoms with Gasteiger partial charge in [0.15, 0.2) is 0 Å². The predicted molar refractivity (Wildman–Crippen MR) is 82.1 cm³/mol. The van der Waals surface area contributed by atoms with Crippen LogP contribution in [-0.4, -0.2) is 17.4 Å². The largest absolute Gasteiger partial charge is 0.384 e. The van der Waals surface area contributed by atoms with Crippen LogP contribution in [0.1, 0.15) is 29.3 Å². The number of hydrogen-bond donors (Lipinski definition) is 2. The van der Waals surface area contributed by atoms with E-state index in [1.54, 1.807) is 12.3 Å². The van der Waals surface area contributed by atoms with Crippen molar-refractivity contribution in [2.24, 2.45) is 0 Å². The van der Waals surface area contributed by atoms with Crippen molar-refractivity contribution in [1.29, 1.82) is 0 Å². The highest BCUT2D eigenvalue weighted by atomic mass is 16.1. The van der Waals surface area contributed by atoms with E-state index in [4.69, 9.17) is 0 Å². The van der Waals surface area contributed by atoms with E-state index in [0.717, 1.165) is 24.2 Å². The number of carbonyl (C=O) groups is 1. The van der Waals surface area contributed by atoms with Crippen LogP contribution in [0.5, 0.6) is 0 Å². The van der Waals surface area contributed by atoms with Gasteiger partial charge in [0.25, 0.3) is 5.91 Å². The summed E-state index contributed by atoms with van der Waals surface area (Å²) in [4.78, 5) is 16.5. The number of aryl methyl sites for hydroxylation is 1. The van der Waals surface area contributed by atoms with Crippen LogP contribution in [0.15, 0.2) is 42.6 Å². The van der Waals surface area contributed by atoms with Crippen molar-refractivity contribution in [3.05, 3.63) is 53.7 Å². The molecule has 0 fully saturated rings. The molecule has 4 nitrogen and oxygen atoms in total. The number of rotatable bonds is 5. The molecule has 2 aromatic rings. The summed E-state index contributed by atoms with van der Waals surface area (Å²) in [6.07, 6.45) is 2.66. The second kappa shape index (κ2) is 6.70. The van der Waals surface area contributed by atoms with Gasteiger partial charge in [-0.05, 0) is 37.6 Å². The molecule has 1 aromatic heterocycles. The van der Waals surface area contributed by atoms with Gasteiger partial charge in [-0.2, -0.15) is 0 Å². The number of nitrogens with one attached hydrogen (secondary N) is 2. The summed E-state index contributed by atoms with van der Waals surface area (Å²) in [7, 11) is 0. The second-order valence-corrected chi connectivity index (χ2v) is 4.64. The lowest BCUT2D eigenvalue weighted by Gasteiger charge is -2.12. The summed E-state index contributed by atoms with van der Waals surface area (Å²) in [5, 5.41) is 6.09. The van der Waals surface area contributed by atoms with Crippen molar-refractivity contribution in [3.8, 4) is 0 Å². The molecule has 0 bridgehead atoms. The summed E-state index contributed by atoms with van der Waals surface area (Å²) in [5.41, 5.74) is 2.55. The minimum atomic E-state index is -0.147. The van der Waals surface area contributed by atoms with Crippen molar-refractivity contribution in [3.63, 3.8) is 0 Å². The van der Waals surface area contributed by atoms with Crippen LogP contribution in [0.25, 0.3) is 0 Å². The standard InChI is InChI=1S/C16H19N3O/c1-3-9-17-14-8-7-12(2)11-13(14)16(20)19-15-6-4-5-10-18-15/h4-8,10-11,17H,3,9H2,1-2H3,(H,18,19,20). The molecule has 0 unspecified atom stereocenters. The zero-order valence-electron chi connectivity index (χ0n) is 11.8. The summed E-state index contributed by atoms with van der Waals surface area (Å²) in [6, 6.07) is 11.3. The molecular weight excluding hydrogens is 250 g/mol. The molecule has 0 spiro atoms. The van der Waals surface area contributed by atoms with Gasteiger partial charge in [0.05, 0.1) is 5.56 Å². The Morgan fingerprint density at radius 3 is 2.80 bits per heavy atom. The van der Waals surface area contributed by atoms with E-state index < -0.39 is 0 Å². The molecule has 0 saturated carbocycles. The minimum Gasteiger partial charge on any atom is -0.384 e. The zero-order chi connectivity index (χ0) is 14.4. The van der Waals surface area contributed by atoms with Gasteiger partial charge in [0.2, 0.25) is 0 Å². The maximum atomic E-state index is 12.4. The number of pyridine rings is 1. The molecule has 0 aliphatic heterocycles. The van der Waals surface area contributed by atoms with Gasteiger partial charge >= 0.3 is 0 Å². The average Bonchev–Trinajstić information content (AvgIpc) is 2.47. The zero-order valence-corrected chi connectivity index (χ0v) is 11.8. The molecule has 1 aromatic carbocycles. The fourth-order valence-electron chi connectivity index (χ4n) is 1.88. The number of hydrogen-bond acceptors (Lipinski definition) is 3. The number of aromatic nitrogens is 1. The smallest absolute Gasteiger partial charge is 0.258 e. The first kappa shape index (κ1) is 14.1. The van der Waals surface area contributed by atoms with E-state index >= 15 is 0 Å². The van der Waals surface area contributed by atoms with Crippen molar-refractivity contribution in [2.75, 3.05) is 17.2 Å². The Morgan fingerprint density at radius 2 is 2.10 bits per heavy atom. The van der Waals surface area contributed by atoms with Crippen molar-refractivity contribution in [2.45, 2.75) is 20.3 Å². The fraction of sp³-hybridized carbons (Fsp3) is 0.250. The van der Waals surface area contributed by atoms with Gasteiger partial charge in [0.1, 0.15) is 5.82 Å². The van der Waals surface area contributed by atoms with E-state index in [2.05, 4.69) is 22.5 Å². The van der Waals surface area contributed by atoms with Crippen LogP contribution >= 0.6 is 0 Å². The number of benzene rings is 1. The van der Waals surface area contributed by atoms with Gasteiger partial charge in [-0.15, -0.1) is 0 Å². The SMILES string of the molecule is CCCNc1ccc(C)cc1C(=O)Nc1ccccn1. The Bertz CT molecular complexity index is 582. The molecule has 20 heavy (non-hydrogen) atoms. The fourth-order valence-corrected chi connectivity index (χ4v) is 1.88. The van der Waals surface area contributed by atoms with E-state index in [9.17, 15) is 4.79 Å². The third-order valence-electron chi connectivity index (χ3n) is 2.89. The normalized spacial score (nSPS) is 10.1. The minimum absolute atomic E-state index is 0.147. The van der Waals surface area contributed by atoms with Gasteiger partial charge in [-0.1, -0.05) is 24.6 Å². The number of amides is 1. The number of anilines is 2. The molecule has 2 N–H and O–H groups in total. The molecule has 0 radical (unpaired) electrons. The first-order chi connectivity index (χ1) is 9.70. The van der Waals surface area contributed by atoms with Crippen LogP contribution in [0.4, 0.5) is 11.5 Å². The molecule has 104 valence electrons. The average molecular weight is 269 g/mol. The van der Waals surface area contributed by atoms with Gasteiger partial charge in [-0.3, -0.25) is 4.79 Å². The molecular formula is C16H19N3O. The number of nitrogens with zero attached hydrogens (tertiary/aromatic N) is 1. The molecule has 0 saturated heterocycles. The summed E-state index contributed by atoms with van der Waals surface area (Å²) < 4.78 is 0. The summed E-state index contributed by atoms with van der Waals surface area (Å²) >= 11 is 0. The molecule has 1 amide bonds. The Hall–Kier alpha value is -2.36. The Kier molecular flexibility index (Phi) is 4.71. The third-order valence-corrected chi connectivity index (χ3v) is 2.89. The van der Waals surface area contributed by atoms with Gasteiger partial charge in [-0.25, -0.2) is 4.98 Å². The lowest BCUT2D eigenvalue weighted by Crippen LogP contribution is -2.16. The van der Waals surface area contributed by atoms with Gasteiger partial charge in [0, 0.05) is 18.4 Å². The van der Waals surface area contributed by atoms with Crippen LogP contribution in [0.3, 0.4) is 0 Å². The monoisotopic (exact) mass is 269 g/mol. The van der Waals surface area contributed by atoms with Crippen LogP contribution in [0, 0.1) is 6.92 Å². The van der Waals surface area contributed by atoms with Crippen molar-refractivity contribution < 1.29 is 4.79 Å². The van der Waals surface area contributed by atoms with Crippen LogP contribution < -0.4 is 10.6 Å². The van der Waals surface area contributed by atoms with Crippen LogP contribution in [-0.2, 0) is 0 Å². The molecule has 4 heteroatoms. The molecule has 0 atom stereocenters. The summed E-state index contributed by atoms with van der Waals surface area (Å²) in [5.74, 6) is 0.409. The maximum Gasteiger partial charge on any atom is 0.258 e. The first-order valence-electron chi connectivity index (χ1n) is 6.77. The second-order valence-electron chi connectivity index (χ2n) is 4.64. The highest BCUT2D eigenvalue weighted by Gasteiger charge is 2.12. The van der Waals surface area contributed by atoms with Crippen molar-refractivity contribution >= 4 is 17.4 Å². The first-order valence-corrected chi connectivity index (χ1v) is 6.77. The predicted octanol–water partition coefficient (Wildman–Crippen LogP) is 3.46. The van der Waals surface area contributed by atoms with E-state index in [1.165, 1.54) is 0 Å². The van der Waals surface area contributed by atoms with E-state index in [1.807, 2.05) is 37.3 Å². The highest BCUT2D eigenvalue weighted by molar-refractivity contribution is 6.07. The van der Waals surface area contributed by atoms with E-state index in [-0.39, 0.29) is 5.91 Å². The Balaban J connectivity index is 2.21. The molecule has 0 aliphatic rings. The Morgan fingerprint density at radius 1 is 1.25 bits per heavy atom. The lowest BCUT2D eigenvalue weighted by atomic mass is 10.1. The van der Waals surface area contributed by atoms with Gasteiger partial charge < -0.3 is 10.6 Å². The van der Waals surface area contributed by atoms with Crippen molar-refractivity contribution in [1.82, 2.24) is 4.98 Å². The number of carbonyl (C=O) groups excluding carboxylic acids is 1. The molecule has 1 heterocycles. The maximum absolute atomic E-state index is 12.4. The lowest BCUT2D eigenvalue weighted by molar-refractivity contribution is 0.102.